The molecule has 1 amide bonds. The first-order valence-electron chi connectivity index (χ1n) is 7.42. The van der Waals surface area contributed by atoms with Crippen LogP contribution in [-0.2, 0) is 14.3 Å². The van der Waals surface area contributed by atoms with Crippen LogP contribution in [0.25, 0.3) is 0 Å². The van der Waals surface area contributed by atoms with Crippen molar-refractivity contribution in [2.75, 3.05) is 5.32 Å². The molecule has 0 heterocycles. The third-order valence-electron chi connectivity index (χ3n) is 3.09. The molecule has 0 bridgehead atoms. The van der Waals surface area contributed by atoms with Gasteiger partial charge in [0.2, 0.25) is 6.10 Å². The van der Waals surface area contributed by atoms with E-state index in [1.165, 1.54) is 30.3 Å². The SMILES string of the molecule is CC(C)=CC(=O)O[C@@H](C(=O)Nc1ccc(F)cc1)c1ccccc1. The number of ether oxygens (including phenoxy) is 1. The second-order valence-electron chi connectivity index (χ2n) is 5.45. The van der Waals surface area contributed by atoms with Crippen LogP contribution in [-0.4, -0.2) is 11.9 Å². The van der Waals surface area contributed by atoms with E-state index < -0.39 is 23.8 Å². The molecule has 0 fully saturated rings. The number of carbonyl (C=O) groups is 2. The summed E-state index contributed by atoms with van der Waals surface area (Å²) in [5.74, 6) is -1.51. The van der Waals surface area contributed by atoms with Crippen molar-refractivity contribution in [3.05, 3.63) is 77.6 Å². The molecule has 0 spiro atoms. The zero-order chi connectivity index (χ0) is 17.5. The first-order valence-corrected chi connectivity index (χ1v) is 7.42. The molecule has 0 unspecified atom stereocenters. The van der Waals surface area contributed by atoms with Crippen LogP contribution < -0.4 is 5.32 Å². The standard InChI is InChI=1S/C19H18FNO3/c1-13(2)12-17(22)24-18(14-6-4-3-5-7-14)19(23)21-16-10-8-15(20)9-11-16/h3-12,18H,1-2H3,(H,21,23)/t18-/m1/s1. The van der Waals surface area contributed by atoms with E-state index in [1.807, 2.05) is 0 Å². The largest absolute Gasteiger partial charge is 0.444 e. The Bertz CT molecular complexity index is 735. The second-order valence-corrected chi connectivity index (χ2v) is 5.45. The highest BCUT2D eigenvalue weighted by atomic mass is 19.1. The fourth-order valence-corrected chi connectivity index (χ4v) is 2.03. The second kappa shape index (κ2) is 8.06. The van der Waals surface area contributed by atoms with Gasteiger partial charge < -0.3 is 10.1 Å². The molecule has 0 aliphatic heterocycles. The van der Waals surface area contributed by atoms with Crippen molar-refractivity contribution < 1.29 is 18.7 Å². The van der Waals surface area contributed by atoms with E-state index in [4.69, 9.17) is 4.74 Å². The summed E-state index contributed by atoms with van der Waals surface area (Å²) in [7, 11) is 0. The van der Waals surface area contributed by atoms with Crippen molar-refractivity contribution in [2.45, 2.75) is 20.0 Å². The number of carbonyl (C=O) groups excluding carboxylic acids is 2. The van der Waals surface area contributed by atoms with E-state index in [-0.39, 0.29) is 0 Å². The number of halogens is 1. The molecule has 1 atom stereocenters. The number of hydrogen-bond donors (Lipinski definition) is 1. The number of anilines is 1. The Labute approximate surface area is 140 Å². The highest BCUT2D eigenvalue weighted by molar-refractivity contribution is 5.96. The first-order chi connectivity index (χ1) is 11.5. The minimum absolute atomic E-state index is 0.400. The molecule has 0 saturated carbocycles. The molecule has 2 aromatic rings. The topological polar surface area (TPSA) is 55.4 Å². The van der Waals surface area contributed by atoms with Crippen LogP contribution in [0.3, 0.4) is 0 Å². The monoisotopic (exact) mass is 327 g/mol. The van der Waals surface area contributed by atoms with E-state index in [1.54, 1.807) is 44.2 Å². The molecular weight excluding hydrogens is 309 g/mol. The molecule has 0 radical (unpaired) electrons. The predicted octanol–water partition coefficient (Wildman–Crippen LogP) is 4.01. The summed E-state index contributed by atoms with van der Waals surface area (Å²) in [6, 6.07) is 14.1. The van der Waals surface area contributed by atoms with Gasteiger partial charge in [-0.15, -0.1) is 0 Å². The van der Waals surface area contributed by atoms with Crippen molar-refractivity contribution in [3.63, 3.8) is 0 Å². The lowest BCUT2D eigenvalue weighted by molar-refractivity contribution is -0.149. The molecule has 0 aliphatic rings. The van der Waals surface area contributed by atoms with Gasteiger partial charge in [-0.25, -0.2) is 9.18 Å². The van der Waals surface area contributed by atoms with Gasteiger partial charge in [0.1, 0.15) is 5.82 Å². The molecule has 24 heavy (non-hydrogen) atoms. The van der Waals surface area contributed by atoms with Crippen LogP contribution in [0.5, 0.6) is 0 Å². The summed E-state index contributed by atoms with van der Waals surface area (Å²) in [6.45, 7) is 3.52. The van der Waals surface area contributed by atoms with Crippen molar-refractivity contribution in [1.82, 2.24) is 0 Å². The number of hydrogen-bond acceptors (Lipinski definition) is 3. The molecule has 4 nitrogen and oxygen atoms in total. The molecule has 124 valence electrons. The lowest BCUT2D eigenvalue weighted by atomic mass is 10.1. The van der Waals surface area contributed by atoms with Gasteiger partial charge in [-0.1, -0.05) is 35.9 Å². The Kier molecular flexibility index (Phi) is 5.84. The Balaban J connectivity index is 2.21. The third-order valence-corrected chi connectivity index (χ3v) is 3.09. The van der Waals surface area contributed by atoms with Crippen molar-refractivity contribution in [3.8, 4) is 0 Å². The third kappa shape index (κ3) is 5.05. The van der Waals surface area contributed by atoms with Gasteiger partial charge in [-0.05, 0) is 38.1 Å². The van der Waals surface area contributed by atoms with Crippen LogP contribution in [0.4, 0.5) is 10.1 Å². The number of allylic oxidation sites excluding steroid dienone is 1. The summed E-state index contributed by atoms with van der Waals surface area (Å²) in [4.78, 5) is 24.4. The molecule has 0 aliphatic carbocycles. The van der Waals surface area contributed by atoms with E-state index in [2.05, 4.69) is 5.32 Å². The molecule has 0 aromatic heterocycles. The maximum Gasteiger partial charge on any atom is 0.331 e. The summed E-state index contributed by atoms with van der Waals surface area (Å²) in [5, 5.41) is 2.62. The number of rotatable bonds is 5. The van der Waals surface area contributed by atoms with Crippen molar-refractivity contribution >= 4 is 17.6 Å². The first kappa shape index (κ1) is 17.4. The van der Waals surface area contributed by atoms with E-state index in [0.717, 1.165) is 5.57 Å². The van der Waals surface area contributed by atoms with Gasteiger partial charge in [0.15, 0.2) is 0 Å². The van der Waals surface area contributed by atoms with E-state index in [0.29, 0.717) is 11.3 Å². The maximum absolute atomic E-state index is 13.0. The Morgan fingerprint density at radius 1 is 1.04 bits per heavy atom. The van der Waals surface area contributed by atoms with Crippen molar-refractivity contribution in [1.29, 1.82) is 0 Å². The summed E-state index contributed by atoms with van der Waals surface area (Å²) in [6.07, 6.45) is 0.223. The zero-order valence-electron chi connectivity index (χ0n) is 13.5. The number of nitrogens with one attached hydrogen (secondary N) is 1. The summed E-state index contributed by atoms with van der Waals surface area (Å²) >= 11 is 0. The van der Waals surface area contributed by atoms with Gasteiger partial charge >= 0.3 is 5.97 Å². The fraction of sp³-hybridized carbons (Fsp3) is 0.158. The highest BCUT2D eigenvalue weighted by Crippen LogP contribution is 2.21. The lowest BCUT2D eigenvalue weighted by Gasteiger charge is -2.17. The minimum Gasteiger partial charge on any atom is -0.444 e. The average Bonchev–Trinajstić information content (AvgIpc) is 2.55. The number of esters is 1. The number of benzene rings is 2. The summed E-state index contributed by atoms with van der Waals surface area (Å²) < 4.78 is 18.3. The van der Waals surface area contributed by atoms with Crippen molar-refractivity contribution in [2.24, 2.45) is 0 Å². The fourth-order valence-electron chi connectivity index (χ4n) is 2.03. The molecule has 1 N–H and O–H groups in total. The van der Waals surface area contributed by atoms with E-state index >= 15 is 0 Å². The smallest absolute Gasteiger partial charge is 0.331 e. The summed E-state index contributed by atoms with van der Waals surface area (Å²) in [5.41, 5.74) is 1.74. The van der Waals surface area contributed by atoms with E-state index in [9.17, 15) is 14.0 Å². The molecule has 5 heteroatoms. The van der Waals surface area contributed by atoms with Crippen LogP contribution in [0.2, 0.25) is 0 Å². The maximum atomic E-state index is 13.0. The van der Waals surface area contributed by atoms with Gasteiger partial charge in [-0.3, -0.25) is 4.79 Å². The van der Waals surface area contributed by atoms with Gasteiger partial charge in [-0.2, -0.15) is 0 Å². The molecule has 2 rings (SSSR count). The lowest BCUT2D eigenvalue weighted by Crippen LogP contribution is -2.25. The van der Waals surface area contributed by atoms with Crippen LogP contribution in [0.1, 0.15) is 25.5 Å². The Morgan fingerprint density at radius 3 is 2.25 bits per heavy atom. The molecule has 0 saturated heterocycles. The number of amides is 1. The Morgan fingerprint density at radius 2 is 1.67 bits per heavy atom. The average molecular weight is 327 g/mol. The normalized spacial score (nSPS) is 11.3. The van der Waals surface area contributed by atoms with Gasteiger partial charge in [0.25, 0.3) is 5.91 Å². The minimum atomic E-state index is -1.10. The predicted molar refractivity (Wildman–Crippen MR) is 89.7 cm³/mol. The highest BCUT2D eigenvalue weighted by Gasteiger charge is 2.24. The molecular formula is C19H18FNO3. The van der Waals surface area contributed by atoms with Crippen LogP contribution >= 0.6 is 0 Å². The quantitative estimate of drug-likeness (QED) is 0.667. The van der Waals surface area contributed by atoms with Crippen LogP contribution in [0.15, 0.2) is 66.2 Å². The Hall–Kier alpha value is -2.95. The molecule has 2 aromatic carbocycles. The van der Waals surface area contributed by atoms with Gasteiger partial charge in [0.05, 0.1) is 0 Å². The van der Waals surface area contributed by atoms with Crippen LogP contribution in [0, 0.1) is 5.82 Å². The van der Waals surface area contributed by atoms with Gasteiger partial charge in [0, 0.05) is 17.3 Å². The zero-order valence-corrected chi connectivity index (χ0v) is 13.5.